The van der Waals surface area contributed by atoms with Crippen molar-refractivity contribution in [1.82, 2.24) is 0 Å². The highest BCUT2D eigenvalue weighted by molar-refractivity contribution is 7.90. The first-order valence-corrected chi connectivity index (χ1v) is 5.74. The van der Waals surface area contributed by atoms with Crippen molar-refractivity contribution in [3.05, 3.63) is 42.1 Å². The van der Waals surface area contributed by atoms with Crippen LogP contribution in [-0.4, -0.2) is 14.6 Å². The second kappa shape index (κ2) is 4.75. The molecule has 0 aliphatic heterocycles. The maximum absolute atomic E-state index is 11.5. The summed E-state index contributed by atoms with van der Waals surface area (Å²) < 4.78 is 26.5. The second-order valence-electron chi connectivity index (χ2n) is 2.93. The van der Waals surface area contributed by atoms with Gasteiger partial charge in [0.25, 0.3) is 10.0 Å². The fourth-order valence-corrected chi connectivity index (χ4v) is 1.77. The first kappa shape index (κ1) is 11.5. The third kappa shape index (κ3) is 3.21. The second-order valence-corrected chi connectivity index (χ2v) is 4.56. The summed E-state index contributed by atoms with van der Waals surface area (Å²) in [6.45, 7) is 1.89. The van der Waals surface area contributed by atoms with Crippen LogP contribution in [0.25, 0.3) is 0 Å². The SMILES string of the molecule is Cc1ccc(S(=O)(=O)N=CC=CN)cc1. The van der Waals surface area contributed by atoms with Crippen LogP contribution in [0.1, 0.15) is 5.56 Å². The predicted molar refractivity (Wildman–Crippen MR) is 60.2 cm³/mol. The highest BCUT2D eigenvalue weighted by Crippen LogP contribution is 2.12. The fraction of sp³-hybridized carbons (Fsp3) is 0.100. The lowest BCUT2D eigenvalue weighted by Gasteiger charge is -1.97. The van der Waals surface area contributed by atoms with Gasteiger partial charge in [0.1, 0.15) is 0 Å². The lowest BCUT2D eigenvalue weighted by atomic mass is 10.2. The summed E-state index contributed by atoms with van der Waals surface area (Å²) in [6, 6.07) is 6.49. The van der Waals surface area contributed by atoms with Gasteiger partial charge in [-0.05, 0) is 31.3 Å². The largest absolute Gasteiger partial charge is 0.405 e. The molecule has 0 spiro atoms. The van der Waals surface area contributed by atoms with E-state index in [-0.39, 0.29) is 4.90 Å². The molecule has 0 fully saturated rings. The van der Waals surface area contributed by atoms with E-state index in [1.165, 1.54) is 24.4 Å². The van der Waals surface area contributed by atoms with E-state index in [0.29, 0.717) is 0 Å². The number of sulfonamides is 1. The number of nitrogens with zero attached hydrogens (tertiary/aromatic N) is 1. The molecule has 15 heavy (non-hydrogen) atoms. The molecule has 0 aliphatic carbocycles. The molecule has 1 aromatic carbocycles. The minimum Gasteiger partial charge on any atom is -0.405 e. The molecule has 0 radical (unpaired) electrons. The summed E-state index contributed by atoms with van der Waals surface area (Å²) in [5, 5.41) is 0. The van der Waals surface area contributed by atoms with Gasteiger partial charge in [-0.3, -0.25) is 0 Å². The Hall–Kier alpha value is -1.62. The molecule has 4 nitrogen and oxygen atoms in total. The summed E-state index contributed by atoms with van der Waals surface area (Å²) in [5.74, 6) is 0. The van der Waals surface area contributed by atoms with Crippen molar-refractivity contribution in [2.75, 3.05) is 0 Å². The number of aryl methyl sites for hydroxylation is 1. The minimum absolute atomic E-state index is 0.176. The summed E-state index contributed by atoms with van der Waals surface area (Å²) >= 11 is 0. The lowest BCUT2D eigenvalue weighted by Crippen LogP contribution is -1.96. The van der Waals surface area contributed by atoms with Crippen molar-refractivity contribution in [1.29, 1.82) is 0 Å². The lowest BCUT2D eigenvalue weighted by molar-refractivity contribution is 0.598. The van der Waals surface area contributed by atoms with Crippen LogP contribution in [0.3, 0.4) is 0 Å². The molecule has 0 bridgehead atoms. The van der Waals surface area contributed by atoms with Crippen molar-refractivity contribution in [2.24, 2.45) is 10.1 Å². The standard InChI is InChI=1S/C10H12N2O2S/c1-9-3-5-10(6-4-9)15(13,14)12-8-2-7-11/h2-8H,11H2,1H3. The van der Waals surface area contributed by atoms with Gasteiger partial charge in [-0.15, -0.1) is 0 Å². The number of nitrogens with two attached hydrogens (primary N) is 1. The normalized spacial score (nSPS) is 12.6. The zero-order valence-electron chi connectivity index (χ0n) is 8.29. The number of allylic oxidation sites excluding steroid dienone is 1. The van der Waals surface area contributed by atoms with Crippen molar-refractivity contribution in [2.45, 2.75) is 11.8 Å². The summed E-state index contributed by atoms with van der Waals surface area (Å²) in [7, 11) is -3.59. The molecule has 0 saturated carbocycles. The van der Waals surface area contributed by atoms with E-state index in [4.69, 9.17) is 5.73 Å². The van der Waals surface area contributed by atoms with Crippen LogP contribution >= 0.6 is 0 Å². The van der Waals surface area contributed by atoms with Crippen LogP contribution in [0.15, 0.2) is 45.8 Å². The Bertz CT molecular complexity index is 473. The third-order valence-electron chi connectivity index (χ3n) is 1.72. The smallest absolute Gasteiger partial charge is 0.282 e. The van der Waals surface area contributed by atoms with Crippen molar-refractivity contribution >= 4 is 16.2 Å². The van der Waals surface area contributed by atoms with E-state index in [2.05, 4.69) is 4.40 Å². The molecular formula is C10H12N2O2S. The minimum atomic E-state index is -3.59. The van der Waals surface area contributed by atoms with Gasteiger partial charge in [-0.1, -0.05) is 17.7 Å². The molecule has 0 atom stereocenters. The maximum Gasteiger partial charge on any atom is 0.282 e. The van der Waals surface area contributed by atoms with Crippen LogP contribution in [0.2, 0.25) is 0 Å². The molecule has 0 aromatic heterocycles. The van der Waals surface area contributed by atoms with E-state index < -0.39 is 10.0 Å². The Labute approximate surface area is 89.2 Å². The van der Waals surface area contributed by atoms with Gasteiger partial charge in [0, 0.05) is 6.21 Å². The Balaban J connectivity index is 3.01. The summed E-state index contributed by atoms with van der Waals surface area (Å²) in [6.07, 6.45) is 3.72. The zero-order chi connectivity index (χ0) is 11.3. The predicted octanol–water partition coefficient (Wildman–Crippen LogP) is 1.23. The van der Waals surface area contributed by atoms with Crippen molar-refractivity contribution < 1.29 is 8.42 Å². The maximum atomic E-state index is 11.5. The molecule has 0 aliphatic rings. The zero-order valence-corrected chi connectivity index (χ0v) is 9.11. The molecule has 1 rings (SSSR count). The van der Waals surface area contributed by atoms with Crippen molar-refractivity contribution in [3.63, 3.8) is 0 Å². The Morgan fingerprint density at radius 1 is 1.27 bits per heavy atom. The third-order valence-corrected chi connectivity index (χ3v) is 2.98. The molecule has 1 aromatic rings. The van der Waals surface area contributed by atoms with Crippen LogP contribution in [0.4, 0.5) is 0 Å². The average molecular weight is 224 g/mol. The van der Waals surface area contributed by atoms with Crippen LogP contribution in [0, 0.1) is 6.92 Å². The molecule has 0 heterocycles. The van der Waals surface area contributed by atoms with E-state index in [1.807, 2.05) is 6.92 Å². The molecule has 0 amide bonds. The first-order valence-electron chi connectivity index (χ1n) is 4.30. The monoisotopic (exact) mass is 224 g/mol. The molecule has 0 unspecified atom stereocenters. The van der Waals surface area contributed by atoms with E-state index in [9.17, 15) is 8.42 Å². The highest BCUT2D eigenvalue weighted by Gasteiger charge is 2.09. The first-order chi connectivity index (χ1) is 7.06. The Morgan fingerprint density at radius 2 is 1.87 bits per heavy atom. The molecule has 80 valence electrons. The number of hydrogen-bond donors (Lipinski definition) is 1. The van der Waals surface area contributed by atoms with Gasteiger partial charge in [-0.2, -0.15) is 12.8 Å². The quantitative estimate of drug-likeness (QED) is 0.785. The molecule has 2 N–H and O–H groups in total. The van der Waals surface area contributed by atoms with Crippen LogP contribution in [-0.2, 0) is 10.0 Å². The van der Waals surface area contributed by atoms with Gasteiger partial charge < -0.3 is 5.73 Å². The van der Waals surface area contributed by atoms with Crippen molar-refractivity contribution in [3.8, 4) is 0 Å². The van der Waals surface area contributed by atoms with Crippen LogP contribution in [0.5, 0.6) is 0 Å². The Morgan fingerprint density at radius 3 is 2.40 bits per heavy atom. The van der Waals surface area contributed by atoms with Gasteiger partial charge in [0.15, 0.2) is 0 Å². The van der Waals surface area contributed by atoms with Gasteiger partial charge in [0.2, 0.25) is 0 Å². The van der Waals surface area contributed by atoms with E-state index in [0.717, 1.165) is 11.8 Å². The summed E-state index contributed by atoms with van der Waals surface area (Å²) in [4.78, 5) is 0.176. The average Bonchev–Trinajstić information content (AvgIpc) is 2.18. The topological polar surface area (TPSA) is 72.5 Å². The van der Waals surface area contributed by atoms with Crippen LogP contribution < -0.4 is 5.73 Å². The number of hydrogen-bond acceptors (Lipinski definition) is 3. The van der Waals surface area contributed by atoms with E-state index >= 15 is 0 Å². The fourth-order valence-electron chi connectivity index (χ4n) is 0.936. The van der Waals surface area contributed by atoms with Gasteiger partial charge in [-0.25, -0.2) is 0 Å². The number of rotatable bonds is 3. The molecule has 5 heteroatoms. The van der Waals surface area contributed by atoms with E-state index in [1.54, 1.807) is 12.1 Å². The number of benzene rings is 1. The Kier molecular flexibility index (Phi) is 3.62. The summed E-state index contributed by atoms with van der Waals surface area (Å²) in [5.41, 5.74) is 6.05. The molecule has 0 saturated heterocycles. The van der Waals surface area contributed by atoms with Gasteiger partial charge in [0.05, 0.1) is 4.90 Å². The van der Waals surface area contributed by atoms with Gasteiger partial charge >= 0.3 is 0 Å². The molecular weight excluding hydrogens is 212 g/mol. The highest BCUT2D eigenvalue weighted by atomic mass is 32.2.